The van der Waals surface area contributed by atoms with Crippen LogP contribution in [0, 0.1) is 0 Å². The lowest BCUT2D eigenvalue weighted by atomic mass is 10.3. The minimum Gasteiger partial charge on any atom is -0.455 e. The topological polar surface area (TPSA) is 166 Å². The Morgan fingerprint density at radius 2 is 1.89 bits per heavy atom. The Bertz CT molecular complexity index is 857. The lowest BCUT2D eigenvalue weighted by Crippen LogP contribution is -2.25. The highest BCUT2D eigenvalue weighted by molar-refractivity contribution is 5.91. The van der Waals surface area contributed by atoms with Crippen molar-refractivity contribution >= 4 is 35.0 Å². The number of rotatable bonds is 8. The van der Waals surface area contributed by atoms with Crippen molar-refractivity contribution in [1.29, 1.82) is 0 Å². The van der Waals surface area contributed by atoms with Crippen LogP contribution >= 0.6 is 0 Å². The second-order valence-corrected chi connectivity index (χ2v) is 5.25. The molecule has 0 aliphatic rings. The SMILES string of the molecule is CCNC(=O)OCOc1ccccc1N=Nc1ccc(NC(=O)CN)nc1N. The first-order valence-corrected chi connectivity index (χ1v) is 8.34. The summed E-state index contributed by atoms with van der Waals surface area (Å²) in [4.78, 5) is 26.6. The molecule has 0 bridgehead atoms. The maximum atomic E-state index is 11.3. The number of benzene rings is 1. The zero-order valence-electron chi connectivity index (χ0n) is 15.2. The third kappa shape index (κ3) is 6.21. The molecular formula is C17H21N7O4. The van der Waals surface area contributed by atoms with Crippen LogP contribution in [0.5, 0.6) is 5.75 Å². The number of nitrogens with one attached hydrogen (secondary N) is 2. The number of para-hydroxylation sites is 1. The summed E-state index contributed by atoms with van der Waals surface area (Å²) >= 11 is 0. The Morgan fingerprint density at radius 1 is 1.14 bits per heavy atom. The van der Waals surface area contributed by atoms with Gasteiger partial charge in [0.15, 0.2) is 11.6 Å². The summed E-state index contributed by atoms with van der Waals surface area (Å²) in [6.45, 7) is 1.78. The van der Waals surface area contributed by atoms with Crippen LogP contribution in [0.3, 0.4) is 0 Å². The van der Waals surface area contributed by atoms with Crippen molar-refractivity contribution in [3.8, 4) is 5.75 Å². The van der Waals surface area contributed by atoms with Crippen LogP contribution in [-0.2, 0) is 9.53 Å². The number of nitrogen functional groups attached to an aromatic ring is 1. The van der Waals surface area contributed by atoms with Gasteiger partial charge in [0.2, 0.25) is 12.7 Å². The van der Waals surface area contributed by atoms with Gasteiger partial charge in [0, 0.05) is 6.54 Å². The highest BCUT2D eigenvalue weighted by Crippen LogP contribution is 2.30. The van der Waals surface area contributed by atoms with Gasteiger partial charge in [-0.25, -0.2) is 9.78 Å². The first kappa shape index (κ1) is 20.6. The molecule has 0 saturated carbocycles. The highest BCUT2D eigenvalue weighted by Gasteiger charge is 2.07. The van der Waals surface area contributed by atoms with Crippen LogP contribution in [0.4, 0.5) is 27.8 Å². The second-order valence-electron chi connectivity index (χ2n) is 5.25. The maximum absolute atomic E-state index is 11.3. The van der Waals surface area contributed by atoms with E-state index in [9.17, 15) is 9.59 Å². The highest BCUT2D eigenvalue weighted by atomic mass is 16.7. The largest absolute Gasteiger partial charge is 0.455 e. The third-order valence-corrected chi connectivity index (χ3v) is 3.21. The fourth-order valence-electron chi connectivity index (χ4n) is 1.93. The number of hydrogen-bond donors (Lipinski definition) is 4. The molecule has 0 radical (unpaired) electrons. The van der Waals surface area contributed by atoms with Gasteiger partial charge in [-0.3, -0.25) is 4.79 Å². The van der Waals surface area contributed by atoms with Crippen LogP contribution < -0.4 is 26.8 Å². The molecule has 0 spiro atoms. The molecule has 11 heteroatoms. The summed E-state index contributed by atoms with van der Waals surface area (Å²) in [6.07, 6.45) is -0.581. The van der Waals surface area contributed by atoms with Crippen molar-refractivity contribution < 1.29 is 19.1 Å². The average Bonchev–Trinajstić information content (AvgIpc) is 2.68. The number of carbonyl (C=O) groups excluding carboxylic acids is 2. The molecule has 0 unspecified atom stereocenters. The number of aromatic nitrogens is 1. The Balaban J connectivity index is 2.05. The van der Waals surface area contributed by atoms with E-state index in [1.54, 1.807) is 37.3 Å². The average molecular weight is 387 g/mol. The van der Waals surface area contributed by atoms with Crippen molar-refractivity contribution in [2.75, 3.05) is 30.9 Å². The number of amides is 2. The fourth-order valence-corrected chi connectivity index (χ4v) is 1.93. The first-order valence-electron chi connectivity index (χ1n) is 8.34. The number of alkyl carbamates (subject to hydrolysis) is 1. The minimum atomic E-state index is -0.581. The van der Waals surface area contributed by atoms with E-state index < -0.39 is 6.09 Å². The molecule has 0 saturated heterocycles. The molecule has 1 aromatic carbocycles. The number of azo groups is 1. The second kappa shape index (κ2) is 10.4. The van der Waals surface area contributed by atoms with Gasteiger partial charge in [-0.2, -0.15) is 0 Å². The van der Waals surface area contributed by atoms with Crippen LogP contribution in [0.15, 0.2) is 46.6 Å². The Hall–Kier alpha value is -3.73. The summed E-state index contributed by atoms with van der Waals surface area (Å²) in [5, 5.41) is 13.1. The number of pyridine rings is 1. The molecule has 0 atom stereocenters. The van der Waals surface area contributed by atoms with Gasteiger partial charge in [0.25, 0.3) is 0 Å². The Labute approximate surface area is 161 Å². The molecule has 0 aliphatic carbocycles. The molecule has 0 aliphatic heterocycles. The molecule has 28 heavy (non-hydrogen) atoms. The Kier molecular flexibility index (Phi) is 7.66. The van der Waals surface area contributed by atoms with Crippen LogP contribution in [-0.4, -0.2) is 36.9 Å². The van der Waals surface area contributed by atoms with Gasteiger partial charge >= 0.3 is 6.09 Å². The monoisotopic (exact) mass is 387 g/mol. The molecule has 1 aromatic heterocycles. The summed E-state index contributed by atoms with van der Waals surface area (Å²) < 4.78 is 10.3. The molecule has 2 rings (SSSR count). The van der Waals surface area contributed by atoms with Gasteiger partial charge in [-0.05, 0) is 31.2 Å². The molecule has 6 N–H and O–H groups in total. The van der Waals surface area contributed by atoms with E-state index in [1.165, 1.54) is 6.07 Å². The number of nitrogens with two attached hydrogens (primary N) is 2. The zero-order valence-corrected chi connectivity index (χ0v) is 15.2. The van der Waals surface area contributed by atoms with Crippen molar-refractivity contribution in [2.45, 2.75) is 6.92 Å². The van der Waals surface area contributed by atoms with E-state index in [2.05, 4.69) is 25.8 Å². The zero-order chi connectivity index (χ0) is 20.4. The van der Waals surface area contributed by atoms with Crippen molar-refractivity contribution in [2.24, 2.45) is 16.0 Å². The molecule has 2 amide bonds. The molecule has 11 nitrogen and oxygen atoms in total. The third-order valence-electron chi connectivity index (χ3n) is 3.21. The molecular weight excluding hydrogens is 366 g/mol. The number of anilines is 2. The smallest absolute Gasteiger partial charge is 0.410 e. The van der Waals surface area contributed by atoms with E-state index >= 15 is 0 Å². The van der Waals surface area contributed by atoms with Gasteiger partial charge in [-0.1, -0.05) is 12.1 Å². The van der Waals surface area contributed by atoms with E-state index in [1.807, 2.05) is 0 Å². The van der Waals surface area contributed by atoms with E-state index in [0.29, 0.717) is 23.7 Å². The lowest BCUT2D eigenvalue weighted by molar-refractivity contribution is -0.114. The van der Waals surface area contributed by atoms with E-state index in [-0.39, 0.29) is 30.9 Å². The minimum absolute atomic E-state index is 0.0801. The Morgan fingerprint density at radius 3 is 2.61 bits per heavy atom. The van der Waals surface area contributed by atoms with Crippen molar-refractivity contribution in [3.63, 3.8) is 0 Å². The summed E-state index contributed by atoms with van der Waals surface area (Å²) in [6, 6.07) is 9.90. The van der Waals surface area contributed by atoms with Crippen molar-refractivity contribution in [1.82, 2.24) is 10.3 Å². The van der Waals surface area contributed by atoms with Crippen LogP contribution in [0.25, 0.3) is 0 Å². The van der Waals surface area contributed by atoms with Gasteiger partial charge in [0.1, 0.15) is 17.2 Å². The summed E-state index contributed by atoms with van der Waals surface area (Å²) in [7, 11) is 0. The van der Waals surface area contributed by atoms with E-state index in [0.717, 1.165) is 0 Å². The van der Waals surface area contributed by atoms with Crippen molar-refractivity contribution in [3.05, 3.63) is 36.4 Å². The quantitative estimate of drug-likeness (QED) is 0.397. The van der Waals surface area contributed by atoms with Crippen LogP contribution in [0.2, 0.25) is 0 Å². The van der Waals surface area contributed by atoms with E-state index in [4.69, 9.17) is 20.9 Å². The lowest BCUT2D eigenvalue weighted by Gasteiger charge is -2.09. The molecule has 148 valence electrons. The van der Waals surface area contributed by atoms with Crippen LogP contribution in [0.1, 0.15) is 6.92 Å². The number of hydrogen-bond acceptors (Lipinski definition) is 9. The first-order chi connectivity index (χ1) is 13.5. The number of nitrogens with zero attached hydrogens (tertiary/aromatic N) is 3. The summed E-state index contributed by atoms with van der Waals surface area (Å²) in [5.74, 6) is 0.325. The summed E-state index contributed by atoms with van der Waals surface area (Å²) in [5.41, 5.74) is 11.8. The normalized spacial score (nSPS) is 10.5. The fraction of sp³-hybridized carbons (Fsp3) is 0.235. The molecule has 1 heterocycles. The number of carbonyl (C=O) groups is 2. The number of ether oxygens (including phenoxy) is 2. The molecule has 2 aromatic rings. The maximum Gasteiger partial charge on any atom is 0.410 e. The van der Waals surface area contributed by atoms with Gasteiger partial charge in [0.05, 0.1) is 6.54 Å². The predicted molar refractivity (Wildman–Crippen MR) is 103 cm³/mol. The standard InChI is InChI=1S/C17H21N7O4/c1-2-20-17(26)28-10-27-13-6-4-3-5-11(13)23-24-12-7-8-14(22-16(12)19)21-15(25)9-18/h3-8H,2,9-10,18H2,1H3,(H,20,26)(H3,19,21,22,25). The predicted octanol–water partition coefficient (Wildman–Crippen LogP) is 2.06. The molecule has 0 fully saturated rings. The van der Waals surface area contributed by atoms with Gasteiger partial charge < -0.3 is 31.6 Å². The van der Waals surface area contributed by atoms with Gasteiger partial charge in [-0.15, -0.1) is 10.2 Å².